The van der Waals surface area contributed by atoms with Crippen LogP contribution in [-0.2, 0) is 0 Å². The number of benzene rings is 9. The zero-order valence-corrected chi connectivity index (χ0v) is 32.1. The molecular formula is C54H34ClN3. The van der Waals surface area contributed by atoms with Gasteiger partial charge >= 0.3 is 0 Å². The highest BCUT2D eigenvalue weighted by Gasteiger charge is 2.20. The molecule has 11 rings (SSSR count). The SMILES string of the molecule is Clc1nc2cc(-c3ccccc3-c3ccccc3)c(-c3ccccc3-c3ccccc3)cc2nc1-c1ccc2c(ccc3c2c2ccccc2n3-c2ccccc2)c1. The summed E-state index contributed by atoms with van der Waals surface area (Å²) in [4.78, 5) is 10.4. The Morgan fingerprint density at radius 2 is 0.897 bits per heavy atom. The summed E-state index contributed by atoms with van der Waals surface area (Å²) in [7, 11) is 0. The van der Waals surface area contributed by atoms with E-state index in [4.69, 9.17) is 21.6 Å². The molecule has 0 spiro atoms. The fourth-order valence-electron chi connectivity index (χ4n) is 8.69. The fraction of sp³-hybridized carbons (Fsp3) is 0. The molecular weight excluding hydrogens is 726 g/mol. The molecule has 0 amide bonds. The minimum atomic E-state index is 0.369. The van der Waals surface area contributed by atoms with Crippen LogP contribution in [0.2, 0.25) is 5.15 Å². The highest BCUT2D eigenvalue weighted by molar-refractivity contribution is 6.32. The Hall–Kier alpha value is -7.33. The topological polar surface area (TPSA) is 30.7 Å². The van der Waals surface area contributed by atoms with Gasteiger partial charge in [-0.15, -0.1) is 0 Å². The number of nitrogens with zero attached hydrogens (tertiary/aromatic N) is 3. The minimum Gasteiger partial charge on any atom is -0.309 e. The summed E-state index contributed by atoms with van der Waals surface area (Å²) in [5.74, 6) is 0. The van der Waals surface area contributed by atoms with Crippen molar-refractivity contribution in [3.63, 3.8) is 0 Å². The van der Waals surface area contributed by atoms with Gasteiger partial charge in [-0.1, -0.05) is 175 Å². The molecule has 4 heteroatoms. The zero-order chi connectivity index (χ0) is 38.6. The van der Waals surface area contributed by atoms with Crippen LogP contribution in [-0.4, -0.2) is 14.5 Å². The molecule has 2 aromatic heterocycles. The van der Waals surface area contributed by atoms with Crippen molar-refractivity contribution in [1.29, 1.82) is 0 Å². The average Bonchev–Trinajstić information content (AvgIpc) is 3.64. The van der Waals surface area contributed by atoms with Gasteiger partial charge in [-0.25, -0.2) is 9.97 Å². The third-order valence-electron chi connectivity index (χ3n) is 11.3. The van der Waals surface area contributed by atoms with E-state index in [9.17, 15) is 0 Å². The average molecular weight is 760 g/mol. The first-order chi connectivity index (χ1) is 28.7. The predicted octanol–water partition coefficient (Wildman–Crippen LogP) is 14.9. The maximum atomic E-state index is 7.14. The van der Waals surface area contributed by atoms with Gasteiger partial charge in [0.2, 0.25) is 0 Å². The third-order valence-corrected chi connectivity index (χ3v) is 11.6. The monoisotopic (exact) mass is 759 g/mol. The number of halogens is 1. The molecule has 0 atom stereocenters. The molecule has 9 aromatic carbocycles. The first kappa shape index (κ1) is 34.0. The Morgan fingerprint density at radius 3 is 1.53 bits per heavy atom. The molecule has 0 bridgehead atoms. The van der Waals surface area contributed by atoms with Crippen LogP contribution in [0.4, 0.5) is 0 Å². The molecule has 3 nitrogen and oxygen atoms in total. The molecule has 11 aromatic rings. The van der Waals surface area contributed by atoms with Crippen molar-refractivity contribution in [2.24, 2.45) is 0 Å². The summed E-state index contributed by atoms with van der Waals surface area (Å²) >= 11 is 7.14. The Balaban J connectivity index is 1.11. The Kier molecular flexibility index (Phi) is 8.20. The van der Waals surface area contributed by atoms with Crippen LogP contribution in [0.5, 0.6) is 0 Å². The smallest absolute Gasteiger partial charge is 0.156 e. The lowest BCUT2D eigenvalue weighted by atomic mass is 9.86. The van der Waals surface area contributed by atoms with Crippen LogP contribution >= 0.6 is 11.6 Å². The summed E-state index contributed by atoms with van der Waals surface area (Å²) in [6.07, 6.45) is 0. The van der Waals surface area contributed by atoms with E-state index in [1.54, 1.807) is 0 Å². The van der Waals surface area contributed by atoms with Gasteiger partial charge < -0.3 is 4.57 Å². The number of para-hydroxylation sites is 2. The second-order valence-corrected chi connectivity index (χ2v) is 15.0. The van der Waals surface area contributed by atoms with Crippen LogP contribution in [0, 0.1) is 0 Å². The van der Waals surface area contributed by atoms with Crippen LogP contribution in [0.1, 0.15) is 0 Å². The second-order valence-electron chi connectivity index (χ2n) is 14.7. The van der Waals surface area contributed by atoms with Crippen molar-refractivity contribution < 1.29 is 0 Å². The van der Waals surface area contributed by atoms with Gasteiger partial charge in [-0.2, -0.15) is 0 Å². The number of rotatable bonds is 6. The van der Waals surface area contributed by atoms with Crippen molar-refractivity contribution in [2.45, 2.75) is 0 Å². The number of hydrogen-bond donors (Lipinski definition) is 0. The second kappa shape index (κ2) is 14.0. The van der Waals surface area contributed by atoms with E-state index in [2.05, 4.69) is 211 Å². The van der Waals surface area contributed by atoms with Gasteiger partial charge in [-0.05, 0) is 97.7 Å². The van der Waals surface area contributed by atoms with E-state index < -0.39 is 0 Å². The molecule has 0 aliphatic heterocycles. The molecule has 0 fully saturated rings. The molecule has 272 valence electrons. The van der Waals surface area contributed by atoms with E-state index in [1.165, 1.54) is 27.2 Å². The summed E-state index contributed by atoms with van der Waals surface area (Å²) in [6, 6.07) is 72.9. The van der Waals surface area contributed by atoms with E-state index in [0.717, 1.165) is 72.2 Å². The van der Waals surface area contributed by atoms with Gasteiger partial charge in [0.1, 0.15) is 5.69 Å². The molecule has 0 aliphatic carbocycles. The molecule has 2 heterocycles. The number of hydrogen-bond acceptors (Lipinski definition) is 2. The lowest BCUT2D eigenvalue weighted by molar-refractivity contribution is 1.18. The van der Waals surface area contributed by atoms with Crippen LogP contribution < -0.4 is 0 Å². The first-order valence-electron chi connectivity index (χ1n) is 19.5. The predicted molar refractivity (Wildman–Crippen MR) is 244 cm³/mol. The van der Waals surface area contributed by atoms with Crippen molar-refractivity contribution >= 4 is 55.2 Å². The normalized spacial score (nSPS) is 11.5. The summed E-state index contributed by atoms with van der Waals surface area (Å²) < 4.78 is 2.35. The third kappa shape index (κ3) is 5.67. The quantitative estimate of drug-likeness (QED) is 0.169. The van der Waals surface area contributed by atoms with Crippen molar-refractivity contribution in [1.82, 2.24) is 14.5 Å². The maximum absolute atomic E-state index is 7.14. The van der Waals surface area contributed by atoms with Crippen LogP contribution in [0.3, 0.4) is 0 Å². The van der Waals surface area contributed by atoms with E-state index >= 15 is 0 Å². The largest absolute Gasteiger partial charge is 0.309 e. The van der Waals surface area contributed by atoms with Gasteiger partial charge in [0.05, 0.1) is 22.1 Å². The first-order valence-corrected chi connectivity index (χ1v) is 19.9. The number of fused-ring (bicyclic) bond motifs is 6. The minimum absolute atomic E-state index is 0.369. The van der Waals surface area contributed by atoms with E-state index in [0.29, 0.717) is 10.8 Å². The van der Waals surface area contributed by atoms with Crippen molar-refractivity contribution in [3.05, 3.63) is 211 Å². The van der Waals surface area contributed by atoms with Gasteiger partial charge in [0.25, 0.3) is 0 Å². The summed E-state index contributed by atoms with van der Waals surface area (Å²) in [6.45, 7) is 0. The lowest BCUT2D eigenvalue weighted by Gasteiger charge is -2.18. The van der Waals surface area contributed by atoms with Gasteiger partial charge in [-0.3, -0.25) is 0 Å². The van der Waals surface area contributed by atoms with Crippen molar-refractivity contribution in [3.8, 4) is 61.5 Å². The highest BCUT2D eigenvalue weighted by atomic mass is 35.5. The molecule has 0 radical (unpaired) electrons. The molecule has 0 saturated carbocycles. The molecule has 0 aliphatic rings. The standard InChI is InChI=1S/C54H34ClN3/c55-54-53(38-28-30-42-37(32-38)29-31-51-52(42)45-26-14-15-27-50(45)58(51)39-20-8-3-9-21-39)56-48-33-46(43-24-12-10-22-40(43)35-16-4-1-5-17-35)47(34-49(48)57-54)44-25-13-11-23-41(44)36-18-6-2-7-19-36/h1-34H. The summed E-state index contributed by atoms with van der Waals surface area (Å²) in [5.41, 5.74) is 15.6. The summed E-state index contributed by atoms with van der Waals surface area (Å²) in [5, 5.41) is 5.11. The van der Waals surface area contributed by atoms with E-state index in [-0.39, 0.29) is 0 Å². The van der Waals surface area contributed by atoms with Gasteiger partial charge in [0.15, 0.2) is 5.15 Å². The highest BCUT2D eigenvalue weighted by Crippen LogP contribution is 2.44. The zero-order valence-electron chi connectivity index (χ0n) is 31.3. The Labute approximate surface area is 341 Å². The molecule has 0 N–H and O–H groups in total. The van der Waals surface area contributed by atoms with Crippen LogP contribution in [0.15, 0.2) is 206 Å². The Bertz CT molecular complexity index is 3340. The van der Waals surface area contributed by atoms with Gasteiger partial charge in [0, 0.05) is 22.0 Å². The molecule has 58 heavy (non-hydrogen) atoms. The molecule has 0 saturated heterocycles. The van der Waals surface area contributed by atoms with E-state index in [1.807, 2.05) is 0 Å². The Morgan fingerprint density at radius 1 is 0.362 bits per heavy atom. The fourth-order valence-corrected chi connectivity index (χ4v) is 8.93. The van der Waals surface area contributed by atoms with Crippen molar-refractivity contribution in [2.75, 3.05) is 0 Å². The number of aromatic nitrogens is 3. The van der Waals surface area contributed by atoms with Crippen LogP contribution in [0.25, 0.3) is 105 Å². The lowest BCUT2D eigenvalue weighted by Crippen LogP contribution is -1.96. The maximum Gasteiger partial charge on any atom is 0.156 e. The molecule has 0 unspecified atom stereocenters.